The number of Topliss-reactive ketones (excluding diaryl/α,β-unsaturated/α-hetero) is 1. The van der Waals surface area contributed by atoms with E-state index >= 15 is 0 Å². The van der Waals surface area contributed by atoms with Crippen LogP contribution in [-0.4, -0.2) is 63.9 Å². The summed E-state index contributed by atoms with van der Waals surface area (Å²) in [6.45, 7) is 2.23. The lowest BCUT2D eigenvalue weighted by molar-refractivity contribution is -0.176. The second kappa shape index (κ2) is 7.69. The third-order valence-corrected chi connectivity index (χ3v) is 5.31. The van der Waals surface area contributed by atoms with Gasteiger partial charge in [0.05, 0.1) is 17.5 Å². The van der Waals surface area contributed by atoms with E-state index in [2.05, 4.69) is 15.0 Å². The first-order chi connectivity index (χ1) is 13.6. The quantitative estimate of drug-likeness (QED) is 0.775. The second-order valence-corrected chi connectivity index (χ2v) is 7.09. The molecule has 1 N–H and O–H groups in total. The number of carbonyl (C=O) groups excluding carboxylic acids is 2. The molecule has 0 saturated carbocycles. The van der Waals surface area contributed by atoms with Crippen molar-refractivity contribution in [2.45, 2.75) is 25.6 Å². The van der Waals surface area contributed by atoms with Crippen LogP contribution >= 0.6 is 0 Å². The lowest BCUT2D eigenvalue weighted by Crippen LogP contribution is -2.55. The zero-order valence-electron chi connectivity index (χ0n) is 15.8. The Hall–Kier alpha value is -3.16. The molecular weight excluding hydrogens is 389 g/mol. The number of rotatable bonds is 4. The number of alkyl halides is 3. The monoisotopic (exact) mass is 408 g/mol. The summed E-state index contributed by atoms with van der Waals surface area (Å²) < 4.78 is 38.2. The van der Waals surface area contributed by atoms with Gasteiger partial charge >= 0.3 is 6.18 Å². The van der Waals surface area contributed by atoms with E-state index in [1.54, 1.807) is 13.2 Å². The number of hydrogen-bond donors (Lipinski definition) is 1. The first-order valence-electron chi connectivity index (χ1n) is 8.95. The summed E-state index contributed by atoms with van der Waals surface area (Å²) >= 11 is 0. The van der Waals surface area contributed by atoms with E-state index in [1.165, 1.54) is 12.4 Å². The summed E-state index contributed by atoms with van der Waals surface area (Å²) in [5, 5.41) is 9.78. The van der Waals surface area contributed by atoms with E-state index in [0.29, 0.717) is 17.9 Å². The number of H-pyrrole nitrogens is 1. The molecule has 3 heterocycles. The standard InChI is InChI=1S/C18H19F3N6O2/c1-10-4-6-27(17(29)12(7-22)14(28)18(19,20)21)8-13(10)26(2)16-11-3-5-23-15(11)24-9-25-16/h3,5,9-10,12-13H,4,6,8H2,1-2H3,(H,23,24,25). The van der Waals surface area contributed by atoms with E-state index in [1.807, 2.05) is 17.9 Å². The molecule has 0 radical (unpaired) electrons. The number of fused-ring (bicyclic) bond motifs is 1. The Morgan fingerprint density at radius 1 is 1.41 bits per heavy atom. The number of hydrogen-bond acceptors (Lipinski definition) is 6. The van der Waals surface area contributed by atoms with Gasteiger partial charge in [0, 0.05) is 26.3 Å². The Bertz CT molecular complexity index is 966. The van der Waals surface area contributed by atoms with Crippen LogP contribution in [0.1, 0.15) is 13.3 Å². The van der Waals surface area contributed by atoms with Gasteiger partial charge in [-0.05, 0) is 18.4 Å². The van der Waals surface area contributed by atoms with Crippen molar-refractivity contribution in [2.75, 3.05) is 25.0 Å². The predicted octanol–water partition coefficient (Wildman–Crippen LogP) is 1.90. The van der Waals surface area contributed by atoms with Crippen molar-refractivity contribution in [3.63, 3.8) is 0 Å². The maximum absolute atomic E-state index is 12.7. The predicted molar refractivity (Wildman–Crippen MR) is 96.6 cm³/mol. The van der Waals surface area contributed by atoms with Crippen molar-refractivity contribution < 1.29 is 22.8 Å². The summed E-state index contributed by atoms with van der Waals surface area (Å²) in [4.78, 5) is 38.4. The van der Waals surface area contributed by atoms with Gasteiger partial charge in [0.2, 0.25) is 5.91 Å². The van der Waals surface area contributed by atoms with Crippen LogP contribution in [0.4, 0.5) is 19.0 Å². The smallest absolute Gasteiger partial charge is 0.354 e. The molecule has 0 aliphatic carbocycles. The van der Waals surface area contributed by atoms with Gasteiger partial charge in [-0.25, -0.2) is 9.97 Å². The van der Waals surface area contributed by atoms with Crippen LogP contribution in [0.25, 0.3) is 11.0 Å². The molecule has 0 aromatic carbocycles. The maximum Gasteiger partial charge on any atom is 0.451 e. The topological polar surface area (TPSA) is 106 Å². The first-order valence-corrected chi connectivity index (χ1v) is 8.95. The molecule has 2 aromatic rings. The molecule has 1 aliphatic rings. The van der Waals surface area contributed by atoms with E-state index in [9.17, 15) is 22.8 Å². The highest BCUT2D eigenvalue weighted by molar-refractivity contribution is 6.06. The third kappa shape index (κ3) is 3.87. The molecule has 2 aromatic heterocycles. The minimum Gasteiger partial charge on any atom is -0.354 e. The SMILES string of the molecule is CC1CCN(C(=O)C(C#N)C(=O)C(F)(F)F)CC1N(C)c1ncnc2[nH]ccc12. The van der Waals surface area contributed by atoms with Gasteiger partial charge < -0.3 is 14.8 Å². The number of carbonyl (C=O) groups is 2. The Kier molecular flexibility index (Phi) is 5.46. The minimum absolute atomic E-state index is 0.0791. The van der Waals surface area contributed by atoms with Crippen LogP contribution in [0, 0.1) is 23.2 Å². The number of anilines is 1. The highest BCUT2D eigenvalue weighted by Gasteiger charge is 2.48. The molecule has 1 fully saturated rings. The van der Waals surface area contributed by atoms with Gasteiger partial charge in [0.15, 0.2) is 5.92 Å². The number of amides is 1. The number of ketones is 1. The van der Waals surface area contributed by atoms with E-state index < -0.39 is 23.8 Å². The molecule has 1 aliphatic heterocycles. The number of nitriles is 1. The number of aromatic amines is 1. The van der Waals surface area contributed by atoms with Crippen molar-refractivity contribution in [2.24, 2.45) is 11.8 Å². The zero-order valence-corrected chi connectivity index (χ0v) is 15.8. The van der Waals surface area contributed by atoms with E-state index in [-0.39, 0.29) is 25.0 Å². The van der Waals surface area contributed by atoms with Crippen molar-refractivity contribution in [3.05, 3.63) is 18.6 Å². The molecular formula is C18H19F3N6O2. The summed E-state index contributed by atoms with van der Waals surface area (Å²) in [5.41, 5.74) is 0.638. The van der Waals surface area contributed by atoms with Gasteiger partial charge in [-0.3, -0.25) is 9.59 Å². The fourth-order valence-corrected chi connectivity index (χ4v) is 3.62. The van der Waals surface area contributed by atoms with Crippen LogP contribution in [0.5, 0.6) is 0 Å². The molecule has 3 atom stereocenters. The Morgan fingerprint density at radius 2 is 2.14 bits per heavy atom. The van der Waals surface area contributed by atoms with Gasteiger partial charge in [-0.1, -0.05) is 6.92 Å². The number of likely N-dealkylation sites (tertiary alicyclic amines) is 1. The van der Waals surface area contributed by atoms with Crippen LogP contribution in [0.3, 0.4) is 0 Å². The largest absolute Gasteiger partial charge is 0.451 e. The molecule has 3 unspecified atom stereocenters. The van der Waals surface area contributed by atoms with Crippen molar-refractivity contribution in [1.29, 1.82) is 5.26 Å². The van der Waals surface area contributed by atoms with Gasteiger partial charge in [-0.2, -0.15) is 18.4 Å². The van der Waals surface area contributed by atoms with Crippen LogP contribution < -0.4 is 4.90 Å². The number of piperidine rings is 1. The summed E-state index contributed by atoms with van der Waals surface area (Å²) in [6, 6.07) is 2.76. The third-order valence-electron chi connectivity index (χ3n) is 5.31. The van der Waals surface area contributed by atoms with Crippen molar-refractivity contribution in [3.8, 4) is 6.07 Å². The Labute approximate surface area is 164 Å². The summed E-state index contributed by atoms with van der Waals surface area (Å²) in [7, 11) is 1.78. The molecule has 8 nitrogen and oxygen atoms in total. The van der Waals surface area contributed by atoms with Crippen LogP contribution in [0.2, 0.25) is 0 Å². The average Bonchev–Trinajstić information content (AvgIpc) is 3.16. The second-order valence-electron chi connectivity index (χ2n) is 7.09. The van der Waals surface area contributed by atoms with Crippen molar-refractivity contribution in [1.82, 2.24) is 19.9 Å². The molecule has 1 saturated heterocycles. The number of nitrogens with zero attached hydrogens (tertiary/aromatic N) is 5. The molecule has 29 heavy (non-hydrogen) atoms. The number of likely N-dealkylation sites (N-methyl/N-ethyl adjacent to an activating group) is 1. The first kappa shape index (κ1) is 20.6. The van der Waals surface area contributed by atoms with Crippen molar-refractivity contribution >= 4 is 28.5 Å². The van der Waals surface area contributed by atoms with Gasteiger partial charge in [0.25, 0.3) is 5.78 Å². The highest BCUT2D eigenvalue weighted by atomic mass is 19.4. The minimum atomic E-state index is -5.24. The van der Waals surface area contributed by atoms with E-state index in [4.69, 9.17) is 5.26 Å². The van der Waals surface area contributed by atoms with E-state index in [0.717, 1.165) is 10.3 Å². The fourth-order valence-electron chi connectivity index (χ4n) is 3.62. The average molecular weight is 408 g/mol. The number of aromatic nitrogens is 3. The van der Waals surface area contributed by atoms with Crippen LogP contribution in [0.15, 0.2) is 18.6 Å². The number of nitrogens with one attached hydrogen (secondary N) is 1. The lowest BCUT2D eigenvalue weighted by Gasteiger charge is -2.42. The molecule has 3 rings (SSSR count). The zero-order chi connectivity index (χ0) is 21.3. The summed E-state index contributed by atoms with van der Waals surface area (Å²) in [6.07, 6.45) is -1.61. The molecule has 0 spiro atoms. The number of halogens is 3. The van der Waals surface area contributed by atoms with Gasteiger partial charge in [-0.15, -0.1) is 0 Å². The molecule has 11 heteroatoms. The lowest BCUT2D eigenvalue weighted by atomic mass is 9.91. The molecule has 0 bridgehead atoms. The van der Waals surface area contributed by atoms with Gasteiger partial charge in [0.1, 0.15) is 17.8 Å². The molecule has 1 amide bonds. The molecule has 154 valence electrons. The normalized spacial score (nSPS) is 20.9. The Balaban J connectivity index is 1.83. The highest BCUT2D eigenvalue weighted by Crippen LogP contribution is 2.30. The maximum atomic E-state index is 12.7. The Morgan fingerprint density at radius 3 is 2.79 bits per heavy atom. The summed E-state index contributed by atoms with van der Waals surface area (Å²) in [5.74, 6) is -5.12. The van der Waals surface area contributed by atoms with Crippen LogP contribution in [-0.2, 0) is 9.59 Å². The fraction of sp³-hybridized carbons (Fsp3) is 0.500.